The summed E-state index contributed by atoms with van der Waals surface area (Å²) in [6.07, 6.45) is 1.67. The Morgan fingerprint density at radius 1 is 1.50 bits per heavy atom. The number of rotatable bonds is 0. The van der Waals surface area contributed by atoms with E-state index in [4.69, 9.17) is 0 Å². The highest BCUT2D eigenvalue weighted by atomic mass is 16.2. The second-order valence-corrected chi connectivity index (χ2v) is 3.57. The Morgan fingerprint density at radius 3 is 2.90 bits per heavy atom. The summed E-state index contributed by atoms with van der Waals surface area (Å²) >= 11 is 0. The van der Waals surface area contributed by atoms with Crippen molar-refractivity contribution in [1.29, 1.82) is 0 Å². The quantitative estimate of drug-likeness (QED) is 0.515. The van der Waals surface area contributed by atoms with Crippen LogP contribution in [0.3, 0.4) is 0 Å². The van der Waals surface area contributed by atoms with Crippen LogP contribution in [0.4, 0.5) is 0 Å². The molecule has 0 aliphatic carbocycles. The highest BCUT2D eigenvalue weighted by Crippen LogP contribution is 2.24. The Hall–Kier alpha value is -0.570. The van der Waals surface area contributed by atoms with Crippen molar-refractivity contribution >= 4 is 5.91 Å². The molecule has 0 spiro atoms. The lowest BCUT2D eigenvalue weighted by Gasteiger charge is -2.18. The minimum Gasteiger partial charge on any atom is -0.292 e. The van der Waals surface area contributed by atoms with Gasteiger partial charge in [0.05, 0.1) is 0 Å². The Labute approximate surface area is 61.2 Å². The fraction of sp³-hybridized carbons (Fsp3) is 0.857. The van der Waals surface area contributed by atoms with Gasteiger partial charge in [-0.2, -0.15) is 0 Å². The van der Waals surface area contributed by atoms with Crippen LogP contribution in [-0.4, -0.2) is 12.5 Å². The molecule has 10 heavy (non-hydrogen) atoms. The first kappa shape index (κ1) is 7.54. The zero-order valence-corrected chi connectivity index (χ0v) is 6.53. The fourth-order valence-corrected chi connectivity index (χ4v) is 1.13. The van der Waals surface area contributed by atoms with Crippen LogP contribution < -0.4 is 10.9 Å². The molecule has 0 saturated carbocycles. The molecular formula is C7H14N2O. The lowest BCUT2D eigenvalue weighted by Crippen LogP contribution is -2.35. The largest absolute Gasteiger partial charge is 0.292 e. The van der Waals surface area contributed by atoms with Gasteiger partial charge in [-0.1, -0.05) is 13.8 Å². The van der Waals surface area contributed by atoms with Gasteiger partial charge in [0.2, 0.25) is 5.91 Å². The molecule has 58 valence electrons. The minimum absolute atomic E-state index is 0.0995. The van der Waals surface area contributed by atoms with Gasteiger partial charge in [-0.3, -0.25) is 10.2 Å². The molecule has 0 aromatic heterocycles. The zero-order chi connectivity index (χ0) is 7.61. The monoisotopic (exact) mass is 142 g/mol. The van der Waals surface area contributed by atoms with Crippen LogP contribution in [0.1, 0.15) is 26.7 Å². The smallest absolute Gasteiger partial charge is 0.234 e. The summed E-state index contributed by atoms with van der Waals surface area (Å²) in [6, 6.07) is 0. The summed E-state index contributed by atoms with van der Waals surface area (Å²) in [5.74, 6) is 0.0995. The van der Waals surface area contributed by atoms with Gasteiger partial charge in [-0.05, 0) is 11.8 Å². The molecule has 2 N–H and O–H groups in total. The van der Waals surface area contributed by atoms with Crippen LogP contribution in [0.2, 0.25) is 0 Å². The van der Waals surface area contributed by atoms with E-state index in [2.05, 4.69) is 24.7 Å². The molecule has 1 fully saturated rings. The summed E-state index contributed by atoms with van der Waals surface area (Å²) < 4.78 is 0. The molecule has 1 aliphatic heterocycles. The number of amides is 1. The summed E-state index contributed by atoms with van der Waals surface area (Å²) in [5, 5.41) is 0. The maximum absolute atomic E-state index is 10.9. The molecule has 3 nitrogen and oxygen atoms in total. The molecule has 0 bridgehead atoms. The van der Waals surface area contributed by atoms with Gasteiger partial charge in [0.1, 0.15) is 0 Å². The van der Waals surface area contributed by atoms with Crippen LogP contribution in [0, 0.1) is 5.41 Å². The molecule has 1 amide bonds. The second kappa shape index (κ2) is 2.58. The van der Waals surface area contributed by atoms with E-state index < -0.39 is 0 Å². The fourth-order valence-electron chi connectivity index (χ4n) is 1.13. The molecule has 0 aromatic carbocycles. The van der Waals surface area contributed by atoms with Crippen molar-refractivity contribution < 1.29 is 4.79 Å². The average molecular weight is 142 g/mol. The normalized spacial score (nSPS) is 25.2. The van der Waals surface area contributed by atoms with Gasteiger partial charge >= 0.3 is 0 Å². The highest BCUT2D eigenvalue weighted by Gasteiger charge is 2.23. The minimum atomic E-state index is 0.0995. The number of carbonyl (C=O) groups excluding carboxylic acids is 1. The first-order chi connectivity index (χ1) is 4.60. The van der Waals surface area contributed by atoms with Crippen molar-refractivity contribution in [1.82, 2.24) is 10.9 Å². The van der Waals surface area contributed by atoms with E-state index in [0.29, 0.717) is 6.42 Å². The average Bonchev–Trinajstić information content (AvgIpc) is 1.90. The number of nitrogens with one attached hydrogen (secondary N) is 2. The zero-order valence-electron chi connectivity index (χ0n) is 6.53. The van der Waals surface area contributed by atoms with Gasteiger partial charge in [0.15, 0.2) is 0 Å². The van der Waals surface area contributed by atoms with E-state index >= 15 is 0 Å². The van der Waals surface area contributed by atoms with Gasteiger partial charge in [-0.15, -0.1) is 0 Å². The van der Waals surface area contributed by atoms with Crippen molar-refractivity contribution in [2.45, 2.75) is 26.7 Å². The molecule has 3 heteroatoms. The first-order valence-electron chi connectivity index (χ1n) is 3.62. The highest BCUT2D eigenvalue weighted by molar-refractivity contribution is 5.76. The van der Waals surface area contributed by atoms with Gasteiger partial charge in [0, 0.05) is 13.0 Å². The van der Waals surface area contributed by atoms with E-state index in [1.807, 2.05) is 0 Å². The number of carbonyl (C=O) groups is 1. The summed E-state index contributed by atoms with van der Waals surface area (Å²) in [5.41, 5.74) is 5.62. The van der Waals surface area contributed by atoms with Crippen molar-refractivity contribution in [2.24, 2.45) is 5.41 Å². The Bertz CT molecular complexity index is 143. The van der Waals surface area contributed by atoms with Crippen molar-refractivity contribution in [3.8, 4) is 0 Å². The second-order valence-electron chi connectivity index (χ2n) is 3.57. The molecule has 0 aromatic rings. The number of hydrogen-bond donors (Lipinski definition) is 2. The van der Waals surface area contributed by atoms with Crippen molar-refractivity contribution in [3.05, 3.63) is 0 Å². The SMILES string of the molecule is CC1(C)CCNNC(=O)C1. The number of hydrazine groups is 1. The van der Waals surface area contributed by atoms with Crippen LogP contribution in [-0.2, 0) is 4.79 Å². The standard InChI is InChI=1S/C7H14N2O/c1-7(2)3-4-8-9-6(10)5-7/h8H,3-5H2,1-2H3,(H,9,10). The van der Waals surface area contributed by atoms with Crippen LogP contribution in [0.25, 0.3) is 0 Å². The molecule has 0 radical (unpaired) electrons. The first-order valence-corrected chi connectivity index (χ1v) is 3.62. The topological polar surface area (TPSA) is 41.1 Å². The van der Waals surface area contributed by atoms with Crippen molar-refractivity contribution in [3.63, 3.8) is 0 Å². The van der Waals surface area contributed by atoms with E-state index in [1.165, 1.54) is 0 Å². The van der Waals surface area contributed by atoms with Crippen LogP contribution in [0.15, 0.2) is 0 Å². The van der Waals surface area contributed by atoms with E-state index in [9.17, 15) is 4.79 Å². The molecular weight excluding hydrogens is 128 g/mol. The van der Waals surface area contributed by atoms with Gasteiger partial charge in [-0.25, -0.2) is 5.43 Å². The maximum atomic E-state index is 10.9. The molecule has 0 unspecified atom stereocenters. The molecule has 1 heterocycles. The van der Waals surface area contributed by atoms with Gasteiger partial charge < -0.3 is 0 Å². The third-order valence-electron chi connectivity index (χ3n) is 1.79. The summed E-state index contributed by atoms with van der Waals surface area (Å²) in [6.45, 7) is 5.10. The predicted octanol–water partition coefficient (Wildman–Crippen LogP) is 0.427. The Kier molecular flexibility index (Phi) is 1.94. The van der Waals surface area contributed by atoms with E-state index in [1.54, 1.807) is 0 Å². The molecule has 1 rings (SSSR count). The number of hydrogen-bond acceptors (Lipinski definition) is 2. The molecule has 1 saturated heterocycles. The summed E-state index contributed by atoms with van der Waals surface area (Å²) in [4.78, 5) is 10.9. The van der Waals surface area contributed by atoms with Gasteiger partial charge in [0.25, 0.3) is 0 Å². The Morgan fingerprint density at radius 2 is 2.20 bits per heavy atom. The predicted molar refractivity (Wildman–Crippen MR) is 39.2 cm³/mol. The molecule has 0 atom stereocenters. The van der Waals surface area contributed by atoms with Crippen molar-refractivity contribution in [2.75, 3.05) is 6.54 Å². The lowest BCUT2D eigenvalue weighted by atomic mass is 9.86. The van der Waals surface area contributed by atoms with Crippen LogP contribution in [0.5, 0.6) is 0 Å². The summed E-state index contributed by atoms with van der Waals surface area (Å²) in [7, 11) is 0. The molecule has 1 aliphatic rings. The van der Waals surface area contributed by atoms with E-state index in [-0.39, 0.29) is 11.3 Å². The maximum Gasteiger partial charge on any atom is 0.234 e. The lowest BCUT2D eigenvalue weighted by molar-refractivity contribution is -0.123. The third-order valence-corrected chi connectivity index (χ3v) is 1.79. The Balaban J connectivity index is 2.54. The third kappa shape index (κ3) is 1.99. The van der Waals surface area contributed by atoms with Crippen LogP contribution >= 0.6 is 0 Å². The van der Waals surface area contributed by atoms with E-state index in [0.717, 1.165) is 13.0 Å².